The molecule has 1 saturated heterocycles. The van der Waals surface area contributed by atoms with E-state index >= 15 is 0 Å². The monoisotopic (exact) mass is 332 g/mol. The molecule has 2 aromatic rings. The first-order chi connectivity index (χ1) is 11.2. The molecule has 2 amide bonds. The van der Waals surface area contributed by atoms with E-state index in [2.05, 4.69) is 20.5 Å². The van der Waals surface area contributed by atoms with Gasteiger partial charge in [-0.05, 0) is 24.1 Å². The SMILES string of the molecule is COc1ccc(CNC(=O)NC2CCN(c3nccs3)C2)cc1. The maximum absolute atomic E-state index is 12.0. The number of urea groups is 1. The number of aromatic nitrogens is 1. The van der Waals surface area contributed by atoms with Gasteiger partial charge in [-0.25, -0.2) is 9.78 Å². The van der Waals surface area contributed by atoms with E-state index in [1.54, 1.807) is 18.4 Å². The van der Waals surface area contributed by atoms with Crippen molar-refractivity contribution < 1.29 is 9.53 Å². The smallest absolute Gasteiger partial charge is 0.315 e. The second-order valence-electron chi connectivity index (χ2n) is 5.42. The average molecular weight is 332 g/mol. The average Bonchev–Trinajstić information content (AvgIpc) is 3.24. The Morgan fingerprint density at radius 1 is 1.43 bits per heavy atom. The minimum atomic E-state index is -0.133. The third-order valence-corrected chi connectivity index (χ3v) is 4.66. The summed E-state index contributed by atoms with van der Waals surface area (Å²) in [7, 11) is 1.64. The summed E-state index contributed by atoms with van der Waals surface area (Å²) in [5.41, 5.74) is 1.04. The molecule has 1 aromatic carbocycles. The quantitative estimate of drug-likeness (QED) is 0.881. The van der Waals surface area contributed by atoms with Crippen LogP contribution < -0.4 is 20.3 Å². The number of carbonyl (C=O) groups excluding carboxylic acids is 1. The van der Waals surface area contributed by atoms with E-state index in [9.17, 15) is 4.79 Å². The van der Waals surface area contributed by atoms with Crippen LogP contribution in [-0.2, 0) is 6.54 Å². The van der Waals surface area contributed by atoms with Gasteiger partial charge in [-0.1, -0.05) is 12.1 Å². The Kier molecular flexibility index (Phi) is 4.97. The van der Waals surface area contributed by atoms with Crippen LogP contribution in [0, 0.1) is 0 Å². The van der Waals surface area contributed by atoms with E-state index in [-0.39, 0.29) is 12.1 Å². The summed E-state index contributed by atoms with van der Waals surface area (Å²) >= 11 is 1.63. The molecule has 0 aliphatic carbocycles. The summed E-state index contributed by atoms with van der Waals surface area (Å²) in [6.45, 7) is 2.24. The van der Waals surface area contributed by atoms with Crippen molar-refractivity contribution in [2.45, 2.75) is 19.0 Å². The largest absolute Gasteiger partial charge is 0.497 e. The number of rotatable bonds is 5. The van der Waals surface area contributed by atoms with Crippen LogP contribution in [0.25, 0.3) is 0 Å². The third-order valence-electron chi connectivity index (χ3n) is 3.83. The van der Waals surface area contributed by atoms with E-state index in [0.717, 1.165) is 36.0 Å². The standard InChI is InChI=1S/C16H20N4O2S/c1-22-14-4-2-12(3-5-14)10-18-15(21)19-13-6-8-20(11-13)16-17-7-9-23-16/h2-5,7,9,13H,6,8,10-11H2,1H3,(H2,18,19,21). The van der Waals surface area contributed by atoms with Crippen molar-refractivity contribution in [1.82, 2.24) is 15.6 Å². The number of anilines is 1. The fraction of sp³-hybridized carbons (Fsp3) is 0.375. The first-order valence-corrected chi connectivity index (χ1v) is 8.44. The molecule has 1 aliphatic rings. The van der Waals surface area contributed by atoms with Gasteiger partial charge in [0, 0.05) is 37.3 Å². The van der Waals surface area contributed by atoms with E-state index in [0.29, 0.717) is 6.54 Å². The molecular formula is C16H20N4O2S. The van der Waals surface area contributed by atoms with Gasteiger partial charge in [0.2, 0.25) is 0 Å². The number of hydrogen-bond donors (Lipinski definition) is 2. The highest BCUT2D eigenvalue weighted by Crippen LogP contribution is 2.22. The van der Waals surface area contributed by atoms with Crippen LogP contribution in [-0.4, -0.2) is 37.3 Å². The number of nitrogens with one attached hydrogen (secondary N) is 2. The molecule has 7 heteroatoms. The molecule has 122 valence electrons. The summed E-state index contributed by atoms with van der Waals surface area (Å²) in [4.78, 5) is 18.5. The van der Waals surface area contributed by atoms with Crippen molar-refractivity contribution in [2.75, 3.05) is 25.1 Å². The molecule has 6 nitrogen and oxygen atoms in total. The molecule has 1 aromatic heterocycles. The lowest BCUT2D eigenvalue weighted by atomic mass is 10.2. The summed E-state index contributed by atoms with van der Waals surface area (Å²) in [5, 5.41) is 8.91. The number of nitrogens with zero attached hydrogens (tertiary/aromatic N) is 2. The Morgan fingerprint density at radius 2 is 2.26 bits per heavy atom. The molecule has 23 heavy (non-hydrogen) atoms. The molecule has 2 N–H and O–H groups in total. The third kappa shape index (κ3) is 4.13. The number of thiazole rings is 1. The lowest BCUT2D eigenvalue weighted by Crippen LogP contribution is -2.43. The number of ether oxygens (including phenoxy) is 1. The predicted molar refractivity (Wildman–Crippen MR) is 91.1 cm³/mol. The van der Waals surface area contributed by atoms with Crippen molar-refractivity contribution >= 4 is 22.5 Å². The van der Waals surface area contributed by atoms with Gasteiger partial charge in [0.05, 0.1) is 7.11 Å². The molecule has 0 saturated carbocycles. The molecule has 1 unspecified atom stereocenters. The van der Waals surface area contributed by atoms with Crippen LogP contribution in [0.5, 0.6) is 5.75 Å². The van der Waals surface area contributed by atoms with Crippen molar-refractivity contribution in [3.63, 3.8) is 0 Å². The zero-order valence-corrected chi connectivity index (χ0v) is 13.8. The normalized spacial score (nSPS) is 17.1. The molecule has 3 rings (SSSR count). The Hall–Kier alpha value is -2.28. The Balaban J connectivity index is 1.42. The van der Waals surface area contributed by atoms with Gasteiger partial charge in [0.25, 0.3) is 0 Å². The van der Waals surface area contributed by atoms with E-state index in [4.69, 9.17) is 4.74 Å². The van der Waals surface area contributed by atoms with Crippen molar-refractivity contribution in [3.8, 4) is 5.75 Å². The van der Waals surface area contributed by atoms with Crippen LogP contribution in [0.2, 0.25) is 0 Å². The zero-order valence-electron chi connectivity index (χ0n) is 13.0. The van der Waals surface area contributed by atoms with E-state index in [1.807, 2.05) is 35.8 Å². The summed E-state index contributed by atoms with van der Waals surface area (Å²) in [6.07, 6.45) is 2.75. The van der Waals surface area contributed by atoms with Gasteiger partial charge in [-0.2, -0.15) is 0 Å². The minimum absolute atomic E-state index is 0.133. The van der Waals surface area contributed by atoms with Gasteiger partial charge in [-0.15, -0.1) is 11.3 Å². The minimum Gasteiger partial charge on any atom is -0.497 e. The molecule has 0 spiro atoms. The number of amides is 2. The van der Waals surface area contributed by atoms with Crippen LogP contribution in [0.15, 0.2) is 35.8 Å². The zero-order chi connectivity index (χ0) is 16.1. The number of benzene rings is 1. The fourth-order valence-corrected chi connectivity index (χ4v) is 3.27. The van der Waals surface area contributed by atoms with Crippen LogP contribution in [0.1, 0.15) is 12.0 Å². The second kappa shape index (κ2) is 7.32. The van der Waals surface area contributed by atoms with Gasteiger partial charge in [-0.3, -0.25) is 0 Å². The highest BCUT2D eigenvalue weighted by molar-refractivity contribution is 7.13. The Morgan fingerprint density at radius 3 is 2.96 bits per heavy atom. The van der Waals surface area contributed by atoms with E-state index in [1.165, 1.54) is 0 Å². The van der Waals surface area contributed by atoms with Crippen molar-refractivity contribution in [3.05, 3.63) is 41.4 Å². The van der Waals surface area contributed by atoms with Crippen LogP contribution in [0.3, 0.4) is 0 Å². The summed E-state index contributed by atoms with van der Waals surface area (Å²) in [5.74, 6) is 0.812. The van der Waals surface area contributed by atoms with Crippen LogP contribution >= 0.6 is 11.3 Å². The first kappa shape index (κ1) is 15.6. The molecule has 1 aliphatic heterocycles. The lowest BCUT2D eigenvalue weighted by Gasteiger charge is -2.16. The summed E-state index contributed by atoms with van der Waals surface area (Å²) < 4.78 is 5.12. The predicted octanol–water partition coefficient (Wildman–Crippen LogP) is 2.23. The highest BCUT2D eigenvalue weighted by atomic mass is 32.1. The fourth-order valence-electron chi connectivity index (χ4n) is 2.59. The number of hydrogen-bond acceptors (Lipinski definition) is 5. The van der Waals surface area contributed by atoms with E-state index < -0.39 is 0 Å². The first-order valence-electron chi connectivity index (χ1n) is 7.56. The van der Waals surface area contributed by atoms with Crippen molar-refractivity contribution in [1.29, 1.82) is 0 Å². The summed E-state index contributed by atoms with van der Waals surface area (Å²) in [6, 6.07) is 7.69. The van der Waals surface area contributed by atoms with Gasteiger partial charge < -0.3 is 20.3 Å². The molecular weight excluding hydrogens is 312 g/mol. The van der Waals surface area contributed by atoms with Gasteiger partial charge in [0.15, 0.2) is 5.13 Å². The lowest BCUT2D eigenvalue weighted by molar-refractivity contribution is 0.237. The van der Waals surface area contributed by atoms with Crippen LogP contribution in [0.4, 0.5) is 9.93 Å². The molecule has 0 bridgehead atoms. The maximum Gasteiger partial charge on any atom is 0.315 e. The Labute approximate surface area is 139 Å². The molecule has 1 atom stereocenters. The van der Waals surface area contributed by atoms with Crippen molar-refractivity contribution in [2.24, 2.45) is 0 Å². The topological polar surface area (TPSA) is 66.5 Å². The Bertz CT molecular complexity index is 630. The number of methoxy groups -OCH3 is 1. The van der Waals surface area contributed by atoms with Gasteiger partial charge in [0.1, 0.15) is 5.75 Å². The number of carbonyl (C=O) groups is 1. The molecule has 0 radical (unpaired) electrons. The second-order valence-corrected chi connectivity index (χ2v) is 6.29. The maximum atomic E-state index is 12.0. The highest BCUT2D eigenvalue weighted by Gasteiger charge is 2.25. The van der Waals surface area contributed by atoms with Gasteiger partial charge >= 0.3 is 6.03 Å². The molecule has 1 fully saturated rings. The molecule has 2 heterocycles.